The average Bonchev–Trinajstić information content (AvgIpc) is 3.16. The van der Waals surface area contributed by atoms with Crippen LogP contribution in [0.2, 0.25) is 10.0 Å². The number of benzene rings is 3. The number of fused-ring (bicyclic) bond motifs is 1. The molecular weight excluding hydrogens is 439 g/mol. The number of carbonyl (C=O) groups excluding carboxylic acids is 2. The highest BCUT2D eigenvalue weighted by atomic mass is 35.5. The molecule has 3 aromatic rings. The molecule has 0 atom stereocenters. The van der Waals surface area contributed by atoms with Crippen LogP contribution >= 0.6 is 23.2 Å². The Balaban J connectivity index is 1.44. The van der Waals surface area contributed by atoms with Gasteiger partial charge in [-0.25, -0.2) is 0 Å². The van der Waals surface area contributed by atoms with Crippen molar-refractivity contribution in [3.05, 3.63) is 87.4 Å². The lowest BCUT2D eigenvalue weighted by Crippen LogP contribution is -2.21. The summed E-state index contributed by atoms with van der Waals surface area (Å²) in [5.74, 6) is 0.657. The molecule has 0 radical (unpaired) electrons. The zero-order valence-electron chi connectivity index (χ0n) is 16.3. The van der Waals surface area contributed by atoms with Crippen LogP contribution < -0.4 is 20.1 Å². The second kappa shape index (κ2) is 9.29. The average molecular weight is 457 g/mol. The maximum atomic E-state index is 12.4. The molecule has 1 heterocycles. The zero-order valence-corrected chi connectivity index (χ0v) is 17.8. The number of carbonyl (C=O) groups is 2. The Morgan fingerprint density at radius 2 is 1.52 bits per heavy atom. The Labute approximate surface area is 189 Å². The highest BCUT2D eigenvalue weighted by molar-refractivity contribution is 6.30. The topological polar surface area (TPSA) is 76.7 Å². The number of rotatable bonds is 7. The molecule has 0 saturated carbocycles. The van der Waals surface area contributed by atoms with E-state index in [9.17, 15) is 9.59 Å². The van der Waals surface area contributed by atoms with Gasteiger partial charge in [0.1, 0.15) is 18.1 Å². The Morgan fingerprint density at radius 3 is 2.16 bits per heavy atom. The first-order valence-electron chi connectivity index (χ1n) is 9.49. The van der Waals surface area contributed by atoms with Gasteiger partial charge in [0.05, 0.1) is 5.56 Å². The van der Waals surface area contributed by atoms with E-state index in [0.29, 0.717) is 39.3 Å². The minimum absolute atomic E-state index is 0.167. The van der Waals surface area contributed by atoms with Crippen molar-refractivity contribution in [3.8, 4) is 11.5 Å². The van der Waals surface area contributed by atoms with Crippen LogP contribution in [0, 0.1) is 0 Å². The van der Waals surface area contributed by atoms with Crippen LogP contribution in [0.25, 0.3) is 0 Å². The number of amides is 2. The van der Waals surface area contributed by atoms with Crippen LogP contribution in [0.4, 0.5) is 5.69 Å². The Bertz CT molecular complexity index is 1120. The monoisotopic (exact) mass is 456 g/mol. The van der Waals surface area contributed by atoms with E-state index < -0.39 is 0 Å². The molecule has 2 amide bonds. The number of hydrogen-bond acceptors (Lipinski definition) is 4. The third-order valence-corrected chi connectivity index (χ3v) is 5.22. The summed E-state index contributed by atoms with van der Waals surface area (Å²) in [6.45, 7) is 0.376. The van der Waals surface area contributed by atoms with E-state index in [1.54, 1.807) is 60.7 Å². The molecule has 0 aliphatic carbocycles. The Kier molecular flexibility index (Phi) is 6.30. The summed E-state index contributed by atoms with van der Waals surface area (Å²) < 4.78 is 11.3. The molecule has 0 saturated heterocycles. The van der Waals surface area contributed by atoms with Gasteiger partial charge >= 0.3 is 0 Å². The molecule has 4 rings (SSSR count). The Hall–Kier alpha value is -3.22. The molecule has 1 aliphatic rings. The molecular formula is C23H18Cl2N2O4. The molecule has 1 aliphatic heterocycles. The van der Waals surface area contributed by atoms with E-state index in [-0.39, 0.29) is 25.0 Å². The summed E-state index contributed by atoms with van der Waals surface area (Å²) in [6.07, 6.45) is 0. The number of hydrogen-bond donors (Lipinski definition) is 2. The van der Waals surface area contributed by atoms with Crippen molar-refractivity contribution in [1.29, 1.82) is 0 Å². The summed E-state index contributed by atoms with van der Waals surface area (Å²) in [6, 6.07) is 17.3. The number of halogens is 2. The second-order valence-electron chi connectivity index (χ2n) is 6.84. The van der Waals surface area contributed by atoms with Crippen LogP contribution in [-0.2, 0) is 17.9 Å². The summed E-state index contributed by atoms with van der Waals surface area (Å²) in [7, 11) is 0. The molecule has 8 heteroatoms. The molecule has 0 aromatic heterocycles. The van der Waals surface area contributed by atoms with Gasteiger partial charge in [0, 0.05) is 33.4 Å². The summed E-state index contributed by atoms with van der Waals surface area (Å²) >= 11 is 11.7. The van der Waals surface area contributed by atoms with Crippen LogP contribution in [0.1, 0.15) is 21.5 Å². The van der Waals surface area contributed by atoms with Crippen molar-refractivity contribution >= 4 is 40.7 Å². The van der Waals surface area contributed by atoms with Gasteiger partial charge < -0.3 is 20.1 Å². The predicted molar refractivity (Wildman–Crippen MR) is 119 cm³/mol. The molecule has 31 heavy (non-hydrogen) atoms. The first-order chi connectivity index (χ1) is 15.0. The predicted octanol–water partition coefficient (Wildman–Crippen LogP) is 4.83. The molecule has 0 fully saturated rings. The fourth-order valence-electron chi connectivity index (χ4n) is 3.22. The van der Waals surface area contributed by atoms with Gasteiger partial charge in [-0.1, -0.05) is 29.3 Å². The maximum Gasteiger partial charge on any atom is 0.262 e. The van der Waals surface area contributed by atoms with E-state index in [1.165, 1.54) is 0 Å². The van der Waals surface area contributed by atoms with Crippen LogP contribution in [0.5, 0.6) is 11.5 Å². The quantitative estimate of drug-likeness (QED) is 0.533. The van der Waals surface area contributed by atoms with Gasteiger partial charge in [0.15, 0.2) is 6.61 Å². The minimum Gasteiger partial charge on any atom is -0.489 e. The fourth-order valence-corrected chi connectivity index (χ4v) is 3.47. The van der Waals surface area contributed by atoms with Gasteiger partial charge in [-0.05, 0) is 54.6 Å². The van der Waals surface area contributed by atoms with E-state index in [1.807, 2.05) is 0 Å². The molecule has 158 valence electrons. The van der Waals surface area contributed by atoms with Crippen LogP contribution in [-0.4, -0.2) is 18.4 Å². The summed E-state index contributed by atoms with van der Waals surface area (Å²) in [4.78, 5) is 24.7. The molecule has 6 nitrogen and oxygen atoms in total. The summed E-state index contributed by atoms with van der Waals surface area (Å²) in [5.41, 5.74) is 2.54. The van der Waals surface area contributed by atoms with Crippen molar-refractivity contribution < 1.29 is 19.1 Å². The van der Waals surface area contributed by atoms with Gasteiger partial charge in [0.25, 0.3) is 11.8 Å². The van der Waals surface area contributed by atoms with Gasteiger partial charge in [-0.3, -0.25) is 9.59 Å². The molecule has 3 aromatic carbocycles. The summed E-state index contributed by atoms with van der Waals surface area (Å²) in [5, 5.41) is 6.82. The molecule has 0 spiro atoms. The minimum atomic E-state index is -0.332. The van der Waals surface area contributed by atoms with Gasteiger partial charge in [0.2, 0.25) is 0 Å². The normalized spacial score (nSPS) is 12.1. The fraction of sp³-hybridized carbons (Fsp3) is 0.130. The number of ether oxygens (including phenoxy) is 2. The lowest BCUT2D eigenvalue weighted by atomic mass is 10.0. The maximum absolute atomic E-state index is 12.4. The molecule has 0 bridgehead atoms. The third-order valence-electron chi connectivity index (χ3n) is 4.72. The van der Waals surface area contributed by atoms with E-state index in [0.717, 1.165) is 11.1 Å². The van der Waals surface area contributed by atoms with Crippen LogP contribution in [0.15, 0.2) is 60.7 Å². The van der Waals surface area contributed by atoms with Crippen molar-refractivity contribution in [2.45, 2.75) is 13.2 Å². The van der Waals surface area contributed by atoms with Crippen molar-refractivity contribution in [1.82, 2.24) is 5.32 Å². The Morgan fingerprint density at radius 1 is 0.903 bits per heavy atom. The van der Waals surface area contributed by atoms with Crippen molar-refractivity contribution in [3.63, 3.8) is 0 Å². The number of anilines is 1. The SMILES string of the molecule is O=C(COc1ccc(Cl)cc1)Nc1ccc(COc2ccc(Cl)cc2)c2c1CNC2=O. The second-order valence-corrected chi connectivity index (χ2v) is 7.71. The third kappa shape index (κ3) is 5.10. The van der Waals surface area contributed by atoms with Crippen LogP contribution in [0.3, 0.4) is 0 Å². The first kappa shape index (κ1) is 21.0. The van der Waals surface area contributed by atoms with E-state index in [4.69, 9.17) is 32.7 Å². The van der Waals surface area contributed by atoms with Crippen molar-refractivity contribution in [2.75, 3.05) is 11.9 Å². The lowest BCUT2D eigenvalue weighted by molar-refractivity contribution is -0.118. The first-order valence-corrected chi connectivity index (χ1v) is 10.2. The van der Waals surface area contributed by atoms with E-state index >= 15 is 0 Å². The number of nitrogens with one attached hydrogen (secondary N) is 2. The zero-order chi connectivity index (χ0) is 21.8. The lowest BCUT2D eigenvalue weighted by Gasteiger charge is -2.14. The molecule has 2 N–H and O–H groups in total. The highest BCUT2D eigenvalue weighted by Gasteiger charge is 2.26. The standard InChI is InChI=1S/C23H18Cl2N2O4/c24-15-2-6-17(7-3-15)30-12-14-1-10-20(19-11-26-23(29)22(14)19)27-21(28)13-31-18-8-4-16(25)5-9-18/h1-10H,11-13H2,(H,26,29)(H,27,28). The van der Waals surface area contributed by atoms with E-state index in [2.05, 4.69) is 10.6 Å². The van der Waals surface area contributed by atoms with Gasteiger partial charge in [-0.15, -0.1) is 0 Å². The van der Waals surface area contributed by atoms with Gasteiger partial charge in [-0.2, -0.15) is 0 Å². The van der Waals surface area contributed by atoms with Crippen molar-refractivity contribution in [2.24, 2.45) is 0 Å². The smallest absolute Gasteiger partial charge is 0.262 e. The largest absolute Gasteiger partial charge is 0.489 e. The highest BCUT2D eigenvalue weighted by Crippen LogP contribution is 2.29. The molecule has 0 unspecified atom stereocenters.